The molecule has 3 N–H and O–H groups in total. The van der Waals surface area contributed by atoms with Gasteiger partial charge in [-0.15, -0.1) is 0 Å². The van der Waals surface area contributed by atoms with E-state index in [9.17, 15) is 13.9 Å². The second kappa shape index (κ2) is 4.42. The zero-order valence-corrected chi connectivity index (χ0v) is 10.0. The predicted octanol–water partition coefficient (Wildman–Crippen LogP) is 3.09. The molecule has 0 saturated heterocycles. The van der Waals surface area contributed by atoms with Gasteiger partial charge in [0.25, 0.3) is 0 Å². The van der Waals surface area contributed by atoms with Crippen molar-refractivity contribution in [1.82, 2.24) is 0 Å². The molecule has 0 spiro atoms. The van der Waals surface area contributed by atoms with Crippen LogP contribution in [0.4, 0.5) is 8.78 Å². The van der Waals surface area contributed by atoms with E-state index in [1.807, 2.05) is 0 Å². The van der Waals surface area contributed by atoms with E-state index >= 15 is 0 Å². The molecule has 0 unspecified atom stereocenters. The van der Waals surface area contributed by atoms with Crippen molar-refractivity contribution in [3.8, 4) is 5.75 Å². The standard InChI is InChI=1S/C12H14ClF2NO/c13-10-8(17)5-7(14)9(11(10)15)12(6-16)3-1-2-4-12/h5,17H,1-4,6,16H2. The summed E-state index contributed by atoms with van der Waals surface area (Å²) in [7, 11) is 0. The van der Waals surface area contributed by atoms with E-state index < -0.39 is 27.8 Å². The molecule has 1 saturated carbocycles. The molecule has 0 radical (unpaired) electrons. The van der Waals surface area contributed by atoms with Gasteiger partial charge >= 0.3 is 0 Å². The van der Waals surface area contributed by atoms with E-state index in [2.05, 4.69) is 0 Å². The predicted molar refractivity (Wildman–Crippen MR) is 62.2 cm³/mol. The SMILES string of the molecule is NCC1(c2c(F)cc(O)c(Cl)c2F)CCCC1. The van der Waals surface area contributed by atoms with Gasteiger partial charge in [-0.3, -0.25) is 0 Å². The van der Waals surface area contributed by atoms with Gasteiger partial charge in [0.1, 0.15) is 16.6 Å². The zero-order chi connectivity index (χ0) is 12.6. The molecule has 1 aromatic rings. The van der Waals surface area contributed by atoms with Crippen LogP contribution >= 0.6 is 11.6 Å². The van der Waals surface area contributed by atoms with Crippen molar-refractivity contribution in [3.05, 3.63) is 28.3 Å². The van der Waals surface area contributed by atoms with Crippen LogP contribution in [0.15, 0.2) is 6.07 Å². The van der Waals surface area contributed by atoms with E-state index in [1.165, 1.54) is 0 Å². The molecule has 1 aliphatic rings. The Balaban J connectivity index is 2.62. The first kappa shape index (κ1) is 12.6. The van der Waals surface area contributed by atoms with Gasteiger partial charge in [0.2, 0.25) is 0 Å². The maximum Gasteiger partial charge on any atom is 0.152 e. The number of hydrogen-bond donors (Lipinski definition) is 2. The van der Waals surface area contributed by atoms with Crippen LogP contribution in [-0.2, 0) is 5.41 Å². The summed E-state index contributed by atoms with van der Waals surface area (Å²) in [6, 6.07) is 0.858. The van der Waals surface area contributed by atoms with Crippen LogP contribution in [0.25, 0.3) is 0 Å². The van der Waals surface area contributed by atoms with Gasteiger partial charge in [-0.05, 0) is 12.8 Å². The van der Waals surface area contributed by atoms with Gasteiger partial charge < -0.3 is 10.8 Å². The fourth-order valence-corrected chi connectivity index (χ4v) is 2.83. The minimum absolute atomic E-state index is 0.0692. The number of phenolic OH excluding ortho intramolecular Hbond substituents is 1. The van der Waals surface area contributed by atoms with Crippen LogP contribution in [0.1, 0.15) is 31.2 Å². The van der Waals surface area contributed by atoms with Gasteiger partial charge in [-0.25, -0.2) is 8.78 Å². The van der Waals surface area contributed by atoms with Crippen LogP contribution in [0.5, 0.6) is 5.75 Å². The highest BCUT2D eigenvalue weighted by Gasteiger charge is 2.40. The number of rotatable bonds is 2. The van der Waals surface area contributed by atoms with Crippen LogP contribution in [-0.4, -0.2) is 11.7 Å². The number of halogens is 3. The Bertz CT molecular complexity index is 445. The highest BCUT2D eigenvalue weighted by atomic mass is 35.5. The molecule has 94 valence electrons. The Morgan fingerprint density at radius 3 is 2.47 bits per heavy atom. The number of benzene rings is 1. The fraction of sp³-hybridized carbons (Fsp3) is 0.500. The van der Waals surface area contributed by atoms with Crippen LogP contribution in [0.3, 0.4) is 0 Å². The first-order chi connectivity index (χ1) is 8.02. The molecule has 0 aliphatic heterocycles. The molecule has 0 aromatic heterocycles. The maximum absolute atomic E-state index is 14.0. The number of hydrogen-bond acceptors (Lipinski definition) is 2. The molecule has 2 rings (SSSR count). The average Bonchev–Trinajstić information content (AvgIpc) is 2.76. The number of aromatic hydroxyl groups is 1. The largest absolute Gasteiger partial charge is 0.506 e. The molecule has 0 amide bonds. The lowest BCUT2D eigenvalue weighted by molar-refractivity contribution is 0.392. The minimum Gasteiger partial charge on any atom is -0.506 e. The molecule has 0 atom stereocenters. The van der Waals surface area contributed by atoms with Gasteiger partial charge in [-0.2, -0.15) is 0 Å². The summed E-state index contributed by atoms with van der Waals surface area (Å²) in [6.45, 7) is 0.182. The van der Waals surface area contributed by atoms with Gasteiger partial charge in [0.15, 0.2) is 5.82 Å². The van der Waals surface area contributed by atoms with Gasteiger partial charge in [0.05, 0.1) is 0 Å². The normalized spacial score (nSPS) is 18.6. The van der Waals surface area contributed by atoms with Gasteiger partial charge in [0, 0.05) is 23.6 Å². The van der Waals surface area contributed by atoms with E-state index in [-0.39, 0.29) is 12.1 Å². The van der Waals surface area contributed by atoms with Crippen molar-refractivity contribution in [2.24, 2.45) is 5.73 Å². The van der Waals surface area contributed by atoms with Crippen LogP contribution < -0.4 is 5.73 Å². The van der Waals surface area contributed by atoms with E-state index in [1.54, 1.807) is 0 Å². The Labute approximate surface area is 103 Å². The topological polar surface area (TPSA) is 46.2 Å². The molecule has 1 fully saturated rings. The fourth-order valence-electron chi connectivity index (χ4n) is 2.68. The summed E-state index contributed by atoms with van der Waals surface area (Å²) in [5, 5.41) is 8.83. The molecule has 0 bridgehead atoms. The smallest absolute Gasteiger partial charge is 0.152 e. The number of phenols is 1. The van der Waals surface area contributed by atoms with Crippen molar-refractivity contribution < 1.29 is 13.9 Å². The Hall–Kier alpha value is -0.870. The van der Waals surface area contributed by atoms with Crippen LogP contribution in [0, 0.1) is 11.6 Å². The van der Waals surface area contributed by atoms with Gasteiger partial charge in [-0.1, -0.05) is 24.4 Å². The quantitative estimate of drug-likeness (QED) is 0.804. The Morgan fingerprint density at radius 2 is 1.94 bits per heavy atom. The molecule has 5 heteroatoms. The van der Waals surface area contributed by atoms with Crippen molar-refractivity contribution >= 4 is 11.6 Å². The maximum atomic E-state index is 14.0. The average molecular weight is 262 g/mol. The van der Waals surface area contributed by atoms with Crippen LogP contribution in [0.2, 0.25) is 5.02 Å². The highest BCUT2D eigenvalue weighted by Crippen LogP contribution is 2.45. The lowest BCUT2D eigenvalue weighted by Gasteiger charge is -2.29. The summed E-state index contributed by atoms with van der Waals surface area (Å²) in [6.07, 6.45) is 3.10. The molecular weight excluding hydrogens is 248 g/mol. The lowest BCUT2D eigenvalue weighted by Crippen LogP contribution is -2.34. The van der Waals surface area contributed by atoms with Crippen molar-refractivity contribution in [2.45, 2.75) is 31.1 Å². The van der Waals surface area contributed by atoms with Crippen molar-refractivity contribution in [1.29, 1.82) is 0 Å². The van der Waals surface area contributed by atoms with E-state index in [0.29, 0.717) is 12.8 Å². The van der Waals surface area contributed by atoms with Crippen molar-refractivity contribution in [3.63, 3.8) is 0 Å². The first-order valence-electron chi connectivity index (χ1n) is 5.59. The second-order valence-electron chi connectivity index (χ2n) is 4.57. The summed E-state index contributed by atoms with van der Waals surface area (Å²) in [5.41, 5.74) is 4.94. The third kappa shape index (κ3) is 1.89. The third-order valence-electron chi connectivity index (χ3n) is 3.62. The van der Waals surface area contributed by atoms with E-state index in [0.717, 1.165) is 18.9 Å². The monoisotopic (exact) mass is 261 g/mol. The lowest BCUT2D eigenvalue weighted by atomic mass is 9.78. The minimum atomic E-state index is -0.878. The summed E-state index contributed by atoms with van der Waals surface area (Å²) in [5.74, 6) is -2.22. The first-order valence-corrected chi connectivity index (χ1v) is 5.96. The summed E-state index contributed by atoms with van der Waals surface area (Å²) >= 11 is 5.62. The Morgan fingerprint density at radius 1 is 1.35 bits per heavy atom. The summed E-state index contributed by atoms with van der Waals surface area (Å²) < 4.78 is 27.9. The molecule has 1 aromatic carbocycles. The molecule has 17 heavy (non-hydrogen) atoms. The molecule has 2 nitrogen and oxygen atoms in total. The summed E-state index contributed by atoms with van der Waals surface area (Å²) in [4.78, 5) is 0. The highest BCUT2D eigenvalue weighted by molar-refractivity contribution is 6.32. The van der Waals surface area contributed by atoms with E-state index in [4.69, 9.17) is 17.3 Å². The molecule has 0 heterocycles. The number of nitrogens with two attached hydrogens (primary N) is 1. The zero-order valence-electron chi connectivity index (χ0n) is 9.27. The van der Waals surface area contributed by atoms with Crippen molar-refractivity contribution in [2.75, 3.05) is 6.54 Å². The molecule has 1 aliphatic carbocycles. The Kier molecular flexibility index (Phi) is 3.27. The third-order valence-corrected chi connectivity index (χ3v) is 3.98. The second-order valence-corrected chi connectivity index (χ2v) is 4.95. The molecular formula is C12H14ClF2NO.